The monoisotopic (exact) mass is 369 g/mol. The predicted molar refractivity (Wildman–Crippen MR) is 106 cm³/mol. The van der Waals surface area contributed by atoms with Crippen LogP contribution >= 0.6 is 11.8 Å². The number of hydrogen-bond acceptors (Lipinski definition) is 4. The van der Waals surface area contributed by atoms with Gasteiger partial charge in [0.2, 0.25) is 5.91 Å². The van der Waals surface area contributed by atoms with E-state index >= 15 is 0 Å². The van der Waals surface area contributed by atoms with Gasteiger partial charge < -0.3 is 9.64 Å². The molecular weight excluding hydrogens is 334 g/mol. The van der Waals surface area contributed by atoms with Crippen LogP contribution in [0.5, 0.6) is 0 Å². The summed E-state index contributed by atoms with van der Waals surface area (Å²) in [5.74, 6) is 1.06. The molecule has 1 fully saturated rings. The molecule has 1 unspecified atom stereocenters. The van der Waals surface area contributed by atoms with E-state index in [4.69, 9.17) is 0 Å². The minimum Gasteiger partial charge on any atom is -0.469 e. The third-order valence-electron chi connectivity index (χ3n) is 4.70. The van der Waals surface area contributed by atoms with Crippen molar-refractivity contribution in [3.05, 3.63) is 12.2 Å². The number of unbranched alkanes of at least 4 members (excludes halogenated alkanes) is 7. The Morgan fingerprint density at radius 2 is 1.72 bits per heavy atom. The van der Waals surface area contributed by atoms with Gasteiger partial charge in [-0.3, -0.25) is 9.59 Å². The molecule has 1 aliphatic rings. The second-order valence-corrected chi connectivity index (χ2v) is 8.85. The van der Waals surface area contributed by atoms with Gasteiger partial charge in [0, 0.05) is 19.1 Å². The molecule has 0 saturated carbocycles. The normalized spacial score (nSPS) is 19.5. The summed E-state index contributed by atoms with van der Waals surface area (Å²) in [7, 11) is 1.45. The van der Waals surface area contributed by atoms with E-state index in [0.717, 1.165) is 25.0 Å². The lowest BCUT2D eigenvalue weighted by Gasteiger charge is -2.32. The highest BCUT2D eigenvalue weighted by Crippen LogP contribution is 2.39. The molecule has 1 atom stereocenters. The molecule has 0 aromatic carbocycles. The molecule has 0 radical (unpaired) electrons. The molecule has 0 aromatic heterocycles. The molecule has 4 nitrogen and oxygen atoms in total. The van der Waals surface area contributed by atoms with Crippen LogP contribution in [0.2, 0.25) is 0 Å². The van der Waals surface area contributed by atoms with Crippen molar-refractivity contribution >= 4 is 23.6 Å². The van der Waals surface area contributed by atoms with Crippen molar-refractivity contribution in [3.8, 4) is 0 Å². The zero-order valence-corrected chi connectivity index (χ0v) is 17.2. The number of allylic oxidation sites excluding steroid dienone is 1. The number of carbonyl (C=O) groups excluding carboxylic acids is 2. The molecule has 25 heavy (non-hydrogen) atoms. The molecular formula is C20H35NO3S. The van der Waals surface area contributed by atoms with E-state index in [2.05, 4.69) is 30.7 Å². The van der Waals surface area contributed by atoms with Crippen LogP contribution in [0.15, 0.2) is 12.2 Å². The van der Waals surface area contributed by atoms with Gasteiger partial charge in [0.05, 0.1) is 18.0 Å². The van der Waals surface area contributed by atoms with E-state index in [9.17, 15) is 9.59 Å². The van der Waals surface area contributed by atoms with Crippen LogP contribution in [0.25, 0.3) is 0 Å². The fraction of sp³-hybridized carbons (Fsp3) is 0.800. The van der Waals surface area contributed by atoms with E-state index in [1.54, 1.807) is 6.92 Å². The van der Waals surface area contributed by atoms with Gasteiger partial charge in [0.15, 0.2) is 0 Å². The van der Waals surface area contributed by atoms with Crippen molar-refractivity contribution in [2.45, 2.75) is 89.5 Å². The van der Waals surface area contributed by atoms with Gasteiger partial charge in [-0.05, 0) is 33.1 Å². The molecule has 5 heteroatoms. The standard InChI is InChI=1S/C20H35NO3S/c1-17(22)21-18(16-25-20(21,2)3)14-12-10-8-6-5-7-9-11-13-15-19(23)24-4/h12,14,18H,5-11,13,15-16H2,1-4H3/b14-12+. The van der Waals surface area contributed by atoms with E-state index in [0.29, 0.717) is 6.42 Å². The zero-order chi connectivity index (χ0) is 18.7. The summed E-state index contributed by atoms with van der Waals surface area (Å²) < 4.78 is 4.63. The number of carbonyl (C=O) groups is 2. The number of amides is 1. The number of ether oxygens (including phenoxy) is 1. The molecule has 0 aliphatic carbocycles. The van der Waals surface area contributed by atoms with Gasteiger partial charge in [-0.15, -0.1) is 11.8 Å². The maximum atomic E-state index is 11.9. The lowest BCUT2D eigenvalue weighted by Crippen LogP contribution is -2.44. The Kier molecular flexibility index (Phi) is 10.2. The summed E-state index contributed by atoms with van der Waals surface area (Å²) in [4.78, 5) is 24.8. The molecule has 1 aliphatic heterocycles. The van der Waals surface area contributed by atoms with E-state index in [-0.39, 0.29) is 22.8 Å². The van der Waals surface area contributed by atoms with Crippen LogP contribution in [-0.2, 0) is 14.3 Å². The first-order valence-electron chi connectivity index (χ1n) is 9.56. The first kappa shape index (κ1) is 22.1. The van der Waals surface area contributed by atoms with Crippen molar-refractivity contribution in [1.82, 2.24) is 4.90 Å². The summed E-state index contributed by atoms with van der Waals surface area (Å²) in [6, 6.07) is 0.243. The Morgan fingerprint density at radius 3 is 2.32 bits per heavy atom. The Hall–Kier alpha value is -0.970. The van der Waals surface area contributed by atoms with Crippen molar-refractivity contribution in [2.24, 2.45) is 0 Å². The van der Waals surface area contributed by atoms with Crippen LogP contribution in [0.4, 0.5) is 0 Å². The summed E-state index contributed by atoms with van der Waals surface area (Å²) in [5.41, 5.74) is 0. The molecule has 0 spiro atoms. The van der Waals surface area contributed by atoms with Gasteiger partial charge in [-0.25, -0.2) is 0 Å². The molecule has 1 rings (SSSR count). The van der Waals surface area contributed by atoms with Crippen molar-refractivity contribution in [1.29, 1.82) is 0 Å². The predicted octanol–water partition coefficient (Wildman–Crippen LogP) is 4.93. The number of thioether (sulfide) groups is 1. The average Bonchev–Trinajstić information content (AvgIpc) is 2.86. The second-order valence-electron chi connectivity index (χ2n) is 7.23. The van der Waals surface area contributed by atoms with Crippen molar-refractivity contribution < 1.29 is 14.3 Å². The van der Waals surface area contributed by atoms with Gasteiger partial charge in [0.1, 0.15) is 0 Å². The van der Waals surface area contributed by atoms with Gasteiger partial charge >= 0.3 is 5.97 Å². The third kappa shape index (κ3) is 8.30. The van der Waals surface area contributed by atoms with E-state index in [1.807, 2.05) is 16.7 Å². The van der Waals surface area contributed by atoms with Gasteiger partial charge in [0.25, 0.3) is 0 Å². The van der Waals surface area contributed by atoms with Crippen LogP contribution in [0.1, 0.15) is 78.6 Å². The number of methoxy groups -OCH3 is 1. The quantitative estimate of drug-likeness (QED) is 0.294. The van der Waals surface area contributed by atoms with Gasteiger partial charge in [-0.2, -0.15) is 0 Å². The summed E-state index contributed by atoms with van der Waals surface area (Å²) >= 11 is 1.85. The van der Waals surface area contributed by atoms with Crippen LogP contribution in [0, 0.1) is 0 Å². The third-order valence-corrected chi connectivity index (χ3v) is 6.11. The molecule has 1 saturated heterocycles. The van der Waals surface area contributed by atoms with Crippen molar-refractivity contribution in [3.63, 3.8) is 0 Å². The largest absolute Gasteiger partial charge is 0.469 e. The first-order valence-corrected chi connectivity index (χ1v) is 10.5. The highest BCUT2D eigenvalue weighted by Gasteiger charge is 2.40. The minimum atomic E-state index is -0.0980. The lowest BCUT2D eigenvalue weighted by atomic mass is 10.1. The minimum absolute atomic E-state index is 0.0886. The topological polar surface area (TPSA) is 46.6 Å². The van der Waals surface area contributed by atoms with E-state index in [1.165, 1.54) is 39.2 Å². The zero-order valence-electron chi connectivity index (χ0n) is 16.4. The molecule has 0 N–H and O–H groups in total. The molecule has 144 valence electrons. The SMILES string of the molecule is COC(=O)CCCCCCCCC/C=C/C1CSC(C)(C)N1C(C)=O. The summed E-state index contributed by atoms with van der Waals surface area (Å²) in [5, 5.41) is 0. The Balaban J connectivity index is 2.05. The Bertz CT molecular complexity index is 448. The Labute approximate surface area is 157 Å². The maximum Gasteiger partial charge on any atom is 0.305 e. The van der Waals surface area contributed by atoms with Gasteiger partial charge in [-0.1, -0.05) is 44.3 Å². The first-order chi connectivity index (χ1) is 11.9. The highest BCUT2D eigenvalue weighted by atomic mass is 32.2. The summed E-state index contributed by atoms with van der Waals surface area (Å²) in [6.45, 7) is 5.91. The van der Waals surface area contributed by atoms with Crippen molar-refractivity contribution in [2.75, 3.05) is 12.9 Å². The fourth-order valence-corrected chi connectivity index (χ4v) is 4.60. The number of hydrogen-bond donors (Lipinski definition) is 0. The molecule has 1 amide bonds. The maximum absolute atomic E-state index is 11.9. The average molecular weight is 370 g/mol. The van der Waals surface area contributed by atoms with Crippen LogP contribution in [0.3, 0.4) is 0 Å². The number of rotatable bonds is 11. The smallest absolute Gasteiger partial charge is 0.305 e. The summed E-state index contributed by atoms with van der Waals surface area (Å²) in [6.07, 6.45) is 14.3. The molecule has 1 heterocycles. The van der Waals surface area contributed by atoms with Crippen LogP contribution < -0.4 is 0 Å². The number of nitrogens with zero attached hydrogens (tertiary/aromatic N) is 1. The fourth-order valence-electron chi connectivity index (χ4n) is 3.36. The Morgan fingerprint density at radius 1 is 1.12 bits per heavy atom. The van der Waals surface area contributed by atoms with E-state index < -0.39 is 0 Å². The highest BCUT2D eigenvalue weighted by molar-refractivity contribution is 8.00. The molecule has 0 bridgehead atoms. The van der Waals surface area contributed by atoms with Crippen LogP contribution in [-0.4, -0.2) is 40.6 Å². The lowest BCUT2D eigenvalue weighted by molar-refractivity contribution is -0.140. The molecule has 0 aromatic rings. The number of esters is 1. The second kappa shape index (κ2) is 11.6.